The van der Waals surface area contributed by atoms with Gasteiger partial charge in [0.05, 0.1) is 10.9 Å². The van der Waals surface area contributed by atoms with Gasteiger partial charge in [0.15, 0.2) is 5.82 Å². The number of methoxy groups -OCH3 is 1. The summed E-state index contributed by atoms with van der Waals surface area (Å²) in [5.41, 5.74) is 3.58. The zero-order valence-corrected chi connectivity index (χ0v) is 14.2. The molecule has 0 aliphatic carbocycles. The van der Waals surface area contributed by atoms with E-state index in [0.29, 0.717) is 29.1 Å². The zero-order valence-electron chi connectivity index (χ0n) is 14.2. The van der Waals surface area contributed by atoms with Crippen molar-refractivity contribution in [2.24, 2.45) is 0 Å². The average molecular weight is 335 g/mol. The van der Waals surface area contributed by atoms with Crippen LogP contribution in [0, 0.1) is 13.8 Å². The molecule has 7 nitrogen and oxygen atoms in total. The molecule has 0 aliphatic rings. The Morgan fingerprint density at radius 1 is 1.16 bits per heavy atom. The topological polar surface area (TPSA) is 74.3 Å². The molecule has 0 bridgehead atoms. The largest absolute Gasteiger partial charge is 0.377 e. The van der Waals surface area contributed by atoms with E-state index in [1.807, 2.05) is 32.0 Å². The number of fused-ring (bicyclic) bond motifs is 3. The molecule has 0 N–H and O–H groups in total. The molecule has 0 aliphatic heterocycles. The molecule has 0 amide bonds. The van der Waals surface area contributed by atoms with E-state index in [1.165, 1.54) is 0 Å². The summed E-state index contributed by atoms with van der Waals surface area (Å²) in [6.45, 7) is 4.32. The van der Waals surface area contributed by atoms with Gasteiger partial charge in [-0.3, -0.25) is 9.36 Å². The lowest BCUT2D eigenvalue weighted by Crippen LogP contribution is -2.19. The van der Waals surface area contributed by atoms with Crippen LogP contribution in [0.3, 0.4) is 0 Å². The third-order valence-corrected chi connectivity index (χ3v) is 4.04. The standard InChI is InChI=1S/C18H17N5O2/c1-11-6-12(2)8-13(7-11)22-5-4-15-14(17(22)24)9-19-18-20-16(10-25-3)21-23(15)18/h4-9H,10H2,1-3H3. The van der Waals surface area contributed by atoms with Gasteiger partial charge < -0.3 is 4.74 Å². The van der Waals surface area contributed by atoms with Crippen molar-refractivity contribution in [3.63, 3.8) is 0 Å². The molecule has 0 atom stereocenters. The second-order valence-corrected chi connectivity index (χ2v) is 6.07. The van der Waals surface area contributed by atoms with E-state index in [0.717, 1.165) is 16.8 Å². The first kappa shape index (κ1) is 15.5. The molecule has 3 aromatic heterocycles. The second-order valence-electron chi connectivity index (χ2n) is 6.07. The maximum Gasteiger partial charge on any atom is 0.266 e. The summed E-state index contributed by atoms with van der Waals surface area (Å²) < 4.78 is 8.27. The lowest BCUT2D eigenvalue weighted by Gasteiger charge is -2.09. The highest BCUT2D eigenvalue weighted by molar-refractivity contribution is 5.79. The first-order valence-corrected chi connectivity index (χ1v) is 7.90. The fourth-order valence-electron chi connectivity index (χ4n) is 3.04. The van der Waals surface area contributed by atoms with Gasteiger partial charge in [-0.05, 0) is 43.2 Å². The first-order chi connectivity index (χ1) is 12.1. The van der Waals surface area contributed by atoms with Crippen molar-refractivity contribution in [3.05, 3.63) is 64.0 Å². The van der Waals surface area contributed by atoms with Crippen LogP contribution in [0.4, 0.5) is 0 Å². The predicted molar refractivity (Wildman–Crippen MR) is 94.1 cm³/mol. The number of benzene rings is 1. The van der Waals surface area contributed by atoms with Gasteiger partial charge in [-0.1, -0.05) is 6.07 Å². The Labute approximate surface area is 143 Å². The number of pyridine rings is 1. The van der Waals surface area contributed by atoms with E-state index in [4.69, 9.17) is 4.74 Å². The van der Waals surface area contributed by atoms with E-state index < -0.39 is 0 Å². The first-order valence-electron chi connectivity index (χ1n) is 7.90. The van der Waals surface area contributed by atoms with Crippen LogP contribution in [0.15, 0.2) is 41.5 Å². The Bertz CT molecular complexity index is 1140. The van der Waals surface area contributed by atoms with Crippen molar-refractivity contribution in [1.82, 2.24) is 24.1 Å². The van der Waals surface area contributed by atoms with Gasteiger partial charge in [0, 0.05) is 25.2 Å². The van der Waals surface area contributed by atoms with Crippen LogP contribution in [-0.4, -0.2) is 31.3 Å². The Hall–Kier alpha value is -3.06. The summed E-state index contributed by atoms with van der Waals surface area (Å²) in [4.78, 5) is 21.5. The number of rotatable bonds is 3. The van der Waals surface area contributed by atoms with Gasteiger partial charge in [0.1, 0.15) is 6.61 Å². The molecule has 0 spiro atoms. The lowest BCUT2D eigenvalue weighted by molar-refractivity contribution is 0.178. The Kier molecular flexibility index (Phi) is 3.58. The van der Waals surface area contributed by atoms with Gasteiger partial charge in [0.2, 0.25) is 0 Å². The fraction of sp³-hybridized carbons (Fsp3) is 0.222. The molecule has 126 valence electrons. The van der Waals surface area contributed by atoms with Crippen LogP contribution >= 0.6 is 0 Å². The number of aryl methyl sites for hydroxylation is 2. The minimum absolute atomic E-state index is 0.138. The minimum Gasteiger partial charge on any atom is -0.377 e. The molecule has 4 rings (SSSR count). The van der Waals surface area contributed by atoms with Gasteiger partial charge in [-0.15, -0.1) is 5.10 Å². The van der Waals surface area contributed by atoms with Crippen molar-refractivity contribution in [2.75, 3.05) is 7.11 Å². The van der Waals surface area contributed by atoms with Crippen molar-refractivity contribution < 1.29 is 4.74 Å². The van der Waals surface area contributed by atoms with Gasteiger partial charge in [-0.25, -0.2) is 4.98 Å². The quantitative estimate of drug-likeness (QED) is 0.574. The summed E-state index contributed by atoms with van der Waals surface area (Å²) in [7, 11) is 1.58. The third kappa shape index (κ3) is 2.58. The smallest absolute Gasteiger partial charge is 0.266 e. The molecule has 0 radical (unpaired) electrons. The van der Waals surface area contributed by atoms with E-state index in [1.54, 1.807) is 28.6 Å². The summed E-state index contributed by atoms with van der Waals surface area (Å²) in [5.74, 6) is 0.976. The SMILES string of the molecule is COCc1nc2ncc3c(=O)n(-c4cc(C)cc(C)c4)ccc3n2n1. The highest BCUT2D eigenvalue weighted by Gasteiger charge is 2.12. The van der Waals surface area contributed by atoms with E-state index in [-0.39, 0.29) is 5.56 Å². The van der Waals surface area contributed by atoms with Crippen LogP contribution in [0.1, 0.15) is 17.0 Å². The molecule has 25 heavy (non-hydrogen) atoms. The Morgan fingerprint density at radius 2 is 1.92 bits per heavy atom. The third-order valence-electron chi connectivity index (χ3n) is 4.04. The summed E-state index contributed by atoms with van der Waals surface area (Å²) >= 11 is 0. The predicted octanol–water partition coefficient (Wildman–Crippen LogP) is 2.19. The molecule has 3 heterocycles. The van der Waals surface area contributed by atoms with Crippen LogP contribution in [-0.2, 0) is 11.3 Å². The van der Waals surface area contributed by atoms with Crippen LogP contribution in [0.2, 0.25) is 0 Å². The molecule has 0 fully saturated rings. The Morgan fingerprint density at radius 3 is 2.64 bits per heavy atom. The van der Waals surface area contributed by atoms with Gasteiger partial charge in [-0.2, -0.15) is 9.50 Å². The average Bonchev–Trinajstić information content (AvgIpc) is 2.97. The maximum atomic E-state index is 13.0. The number of nitrogens with zero attached hydrogens (tertiary/aromatic N) is 5. The molecule has 0 unspecified atom stereocenters. The molecular formula is C18H17N5O2. The zero-order chi connectivity index (χ0) is 17.6. The summed E-state index contributed by atoms with van der Waals surface area (Å²) in [5, 5.41) is 4.86. The van der Waals surface area contributed by atoms with Gasteiger partial charge >= 0.3 is 0 Å². The highest BCUT2D eigenvalue weighted by Crippen LogP contribution is 2.15. The second kappa shape index (κ2) is 5.78. The van der Waals surface area contributed by atoms with Crippen LogP contribution < -0.4 is 5.56 Å². The molecule has 0 saturated heterocycles. The van der Waals surface area contributed by atoms with Crippen molar-refractivity contribution in [2.45, 2.75) is 20.5 Å². The normalized spacial score (nSPS) is 11.5. The highest BCUT2D eigenvalue weighted by atomic mass is 16.5. The van der Waals surface area contributed by atoms with Crippen molar-refractivity contribution >= 4 is 16.7 Å². The van der Waals surface area contributed by atoms with E-state index >= 15 is 0 Å². The van der Waals surface area contributed by atoms with Crippen LogP contribution in [0.5, 0.6) is 0 Å². The maximum absolute atomic E-state index is 13.0. The summed E-state index contributed by atoms with van der Waals surface area (Å²) in [6, 6.07) is 7.90. The van der Waals surface area contributed by atoms with E-state index in [2.05, 4.69) is 21.1 Å². The molecule has 1 aromatic carbocycles. The molecular weight excluding hydrogens is 318 g/mol. The lowest BCUT2D eigenvalue weighted by atomic mass is 10.1. The molecule has 7 heteroatoms. The summed E-state index contributed by atoms with van der Waals surface area (Å²) in [6.07, 6.45) is 3.31. The number of hydrogen-bond donors (Lipinski definition) is 0. The monoisotopic (exact) mass is 335 g/mol. The Balaban J connectivity index is 1.96. The van der Waals surface area contributed by atoms with Gasteiger partial charge in [0.25, 0.3) is 11.3 Å². The fourth-order valence-corrected chi connectivity index (χ4v) is 3.04. The van der Waals surface area contributed by atoms with E-state index in [9.17, 15) is 4.79 Å². The minimum atomic E-state index is -0.138. The van der Waals surface area contributed by atoms with Crippen LogP contribution in [0.25, 0.3) is 22.4 Å². The molecule has 4 aromatic rings. The molecule has 0 saturated carbocycles. The number of aromatic nitrogens is 5. The van der Waals surface area contributed by atoms with Crippen molar-refractivity contribution in [3.8, 4) is 5.69 Å². The number of ether oxygens (including phenoxy) is 1. The number of hydrogen-bond acceptors (Lipinski definition) is 5. The van der Waals surface area contributed by atoms with Crippen molar-refractivity contribution in [1.29, 1.82) is 0 Å².